The van der Waals surface area contributed by atoms with Crippen LogP contribution in [0.2, 0.25) is 0 Å². The number of piperidine rings is 1. The highest BCUT2D eigenvalue weighted by Gasteiger charge is 2.18. The molecule has 0 unspecified atom stereocenters. The maximum Gasteiger partial charge on any atom is 0.107 e. The number of nitrogens with two attached hydrogens (primary N) is 1. The van der Waals surface area contributed by atoms with E-state index in [-0.39, 0.29) is 12.4 Å². The molecule has 0 atom stereocenters. The summed E-state index contributed by atoms with van der Waals surface area (Å²) >= 11 is 1.81. The first-order valence-electron chi connectivity index (χ1n) is 6.67. The lowest BCUT2D eigenvalue weighted by Gasteiger charge is -2.30. The van der Waals surface area contributed by atoms with Crippen molar-refractivity contribution < 1.29 is 0 Å². The molecule has 0 aromatic carbocycles. The zero-order chi connectivity index (χ0) is 12.1. The van der Waals surface area contributed by atoms with Gasteiger partial charge in [0.15, 0.2) is 0 Å². The number of thiazole rings is 1. The average Bonchev–Trinajstić information content (AvgIpc) is 2.78. The molecule has 1 aliphatic rings. The second kappa shape index (κ2) is 8.10. The number of hydrogen-bond acceptors (Lipinski definition) is 4. The van der Waals surface area contributed by atoms with E-state index in [0.717, 1.165) is 25.4 Å². The van der Waals surface area contributed by atoms with Crippen molar-refractivity contribution in [3.8, 4) is 0 Å². The van der Waals surface area contributed by atoms with Crippen LogP contribution in [-0.4, -0.2) is 29.5 Å². The summed E-state index contributed by atoms with van der Waals surface area (Å²) in [6.45, 7) is 6.46. The average molecular weight is 290 g/mol. The molecule has 3 nitrogen and oxygen atoms in total. The van der Waals surface area contributed by atoms with Gasteiger partial charge >= 0.3 is 0 Å². The minimum atomic E-state index is 0. The van der Waals surface area contributed by atoms with Crippen molar-refractivity contribution >= 4 is 23.7 Å². The number of likely N-dealkylation sites (tertiary alicyclic amines) is 1. The molecule has 0 radical (unpaired) electrons. The van der Waals surface area contributed by atoms with Gasteiger partial charge in [0.05, 0.1) is 12.2 Å². The van der Waals surface area contributed by atoms with Crippen LogP contribution >= 0.6 is 23.7 Å². The van der Waals surface area contributed by atoms with Crippen LogP contribution in [0, 0.1) is 5.92 Å². The Balaban J connectivity index is 0.00000162. The third-order valence-corrected chi connectivity index (χ3v) is 4.39. The largest absolute Gasteiger partial charge is 0.330 e. The van der Waals surface area contributed by atoms with E-state index in [9.17, 15) is 0 Å². The molecule has 0 amide bonds. The molecule has 2 N–H and O–H groups in total. The number of aromatic nitrogens is 1. The van der Waals surface area contributed by atoms with E-state index in [1.165, 1.54) is 43.1 Å². The normalized spacial score (nSPS) is 17.7. The molecule has 2 rings (SSSR count). The lowest BCUT2D eigenvalue weighted by Crippen LogP contribution is -2.35. The van der Waals surface area contributed by atoms with Crippen LogP contribution in [0.4, 0.5) is 0 Å². The van der Waals surface area contributed by atoms with Crippen molar-refractivity contribution in [2.45, 2.75) is 39.2 Å². The number of rotatable bonds is 5. The monoisotopic (exact) mass is 289 g/mol. The highest BCUT2D eigenvalue weighted by molar-refractivity contribution is 7.09. The maximum absolute atomic E-state index is 5.71. The fourth-order valence-corrected chi connectivity index (χ4v) is 3.23. The zero-order valence-corrected chi connectivity index (χ0v) is 12.7. The first-order valence-corrected chi connectivity index (χ1v) is 7.55. The number of hydrogen-bond donors (Lipinski definition) is 1. The van der Waals surface area contributed by atoms with Crippen LogP contribution in [-0.2, 0) is 13.0 Å². The molecule has 1 fully saturated rings. The fraction of sp³-hybridized carbons (Fsp3) is 0.769. The summed E-state index contributed by atoms with van der Waals surface area (Å²) in [5.41, 5.74) is 6.98. The number of nitrogens with zero attached hydrogens (tertiary/aromatic N) is 2. The molecule has 0 aliphatic carbocycles. The fourth-order valence-electron chi connectivity index (χ4n) is 2.36. The first-order chi connectivity index (χ1) is 8.31. The minimum Gasteiger partial charge on any atom is -0.330 e. The van der Waals surface area contributed by atoms with Crippen LogP contribution in [0.5, 0.6) is 0 Å². The highest BCUT2D eigenvalue weighted by Crippen LogP contribution is 2.19. The van der Waals surface area contributed by atoms with Crippen LogP contribution < -0.4 is 5.73 Å². The molecule has 104 valence electrons. The van der Waals surface area contributed by atoms with Gasteiger partial charge in [-0.1, -0.05) is 13.3 Å². The Morgan fingerprint density at radius 2 is 2.17 bits per heavy atom. The molecule has 1 aromatic heterocycles. The van der Waals surface area contributed by atoms with E-state index in [0.29, 0.717) is 0 Å². The van der Waals surface area contributed by atoms with Crippen LogP contribution in [0.3, 0.4) is 0 Å². The quantitative estimate of drug-likeness (QED) is 0.906. The van der Waals surface area contributed by atoms with Gasteiger partial charge in [-0.3, -0.25) is 4.90 Å². The zero-order valence-electron chi connectivity index (χ0n) is 11.1. The summed E-state index contributed by atoms with van der Waals surface area (Å²) in [6, 6.07) is 0. The Hall–Kier alpha value is -0.160. The molecule has 1 saturated heterocycles. The van der Waals surface area contributed by atoms with Crippen LogP contribution in [0.25, 0.3) is 0 Å². The standard InChI is InChI=1S/C13H23N3S.ClH/c1-2-3-12-10-17-13(15-12)9-16-6-4-11(8-14)5-7-16;/h10-11H,2-9,14H2,1H3;1H. The van der Waals surface area contributed by atoms with Gasteiger partial charge in [-0.25, -0.2) is 4.98 Å². The Bertz CT molecular complexity index is 335. The van der Waals surface area contributed by atoms with Crippen LogP contribution in [0.15, 0.2) is 5.38 Å². The molecule has 0 saturated carbocycles. The van der Waals surface area contributed by atoms with E-state index in [1.54, 1.807) is 0 Å². The van der Waals surface area contributed by atoms with Gasteiger partial charge in [0.25, 0.3) is 0 Å². The second-order valence-corrected chi connectivity index (χ2v) is 5.88. The molecular weight excluding hydrogens is 266 g/mol. The van der Waals surface area contributed by atoms with E-state index in [2.05, 4.69) is 22.2 Å². The van der Waals surface area contributed by atoms with Crippen molar-refractivity contribution in [1.29, 1.82) is 0 Å². The van der Waals surface area contributed by atoms with Gasteiger partial charge < -0.3 is 5.73 Å². The number of halogens is 1. The van der Waals surface area contributed by atoms with Crippen molar-refractivity contribution in [1.82, 2.24) is 9.88 Å². The van der Waals surface area contributed by atoms with E-state index < -0.39 is 0 Å². The van der Waals surface area contributed by atoms with E-state index in [1.807, 2.05) is 11.3 Å². The Labute approximate surface area is 120 Å². The predicted octanol–water partition coefficient (Wildman–Crippen LogP) is 2.69. The minimum absolute atomic E-state index is 0. The van der Waals surface area contributed by atoms with E-state index in [4.69, 9.17) is 5.73 Å². The van der Waals surface area contributed by atoms with Gasteiger partial charge in [0.2, 0.25) is 0 Å². The summed E-state index contributed by atoms with van der Waals surface area (Å²) in [5.74, 6) is 0.748. The van der Waals surface area contributed by atoms with Crippen LogP contribution in [0.1, 0.15) is 36.9 Å². The highest BCUT2D eigenvalue weighted by atomic mass is 35.5. The lowest BCUT2D eigenvalue weighted by atomic mass is 9.97. The van der Waals surface area contributed by atoms with Gasteiger partial charge in [-0.15, -0.1) is 23.7 Å². The Morgan fingerprint density at radius 1 is 1.44 bits per heavy atom. The van der Waals surface area contributed by atoms with Gasteiger partial charge in [0.1, 0.15) is 5.01 Å². The van der Waals surface area contributed by atoms with Gasteiger partial charge in [-0.2, -0.15) is 0 Å². The lowest BCUT2D eigenvalue weighted by molar-refractivity contribution is 0.180. The smallest absolute Gasteiger partial charge is 0.107 e. The van der Waals surface area contributed by atoms with Crippen molar-refractivity contribution in [3.63, 3.8) is 0 Å². The van der Waals surface area contributed by atoms with Crippen molar-refractivity contribution in [2.75, 3.05) is 19.6 Å². The Kier molecular flexibility index (Phi) is 7.15. The Morgan fingerprint density at radius 3 is 2.78 bits per heavy atom. The third-order valence-electron chi connectivity index (χ3n) is 3.50. The molecule has 18 heavy (non-hydrogen) atoms. The summed E-state index contributed by atoms with van der Waals surface area (Å²) in [4.78, 5) is 7.20. The molecular formula is C13H24ClN3S. The van der Waals surface area contributed by atoms with Crippen molar-refractivity contribution in [3.05, 3.63) is 16.1 Å². The van der Waals surface area contributed by atoms with Gasteiger partial charge in [-0.05, 0) is 44.8 Å². The third kappa shape index (κ3) is 4.50. The molecule has 1 aliphatic heterocycles. The van der Waals surface area contributed by atoms with E-state index >= 15 is 0 Å². The molecule has 1 aromatic rings. The first kappa shape index (κ1) is 15.9. The summed E-state index contributed by atoms with van der Waals surface area (Å²) < 4.78 is 0. The molecule has 0 bridgehead atoms. The summed E-state index contributed by atoms with van der Waals surface area (Å²) in [5, 5.41) is 3.49. The molecule has 5 heteroatoms. The summed E-state index contributed by atoms with van der Waals surface area (Å²) in [6.07, 6.45) is 4.81. The topological polar surface area (TPSA) is 42.1 Å². The predicted molar refractivity (Wildman–Crippen MR) is 80.4 cm³/mol. The van der Waals surface area contributed by atoms with Gasteiger partial charge in [0, 0.05) is 5.38 Å². The summed E-state index contributed by atoms with van der Waals surface area (Å²) in [7, 11) is 0. The molecule has 0 spiro atoms. The second-order valence-electron chi connectivity index (χ2n) is 4.94. The SMILES string of the molecule is CCCc1csc(CN2CCC(CN)CC2)n1.Cl. The maximum atomic E-state index is 5.71. The molecule has 2 heterocycles. The number of aryl methyl sites for hydroxylation is 1. The van der Waals surface area contributed by atoms with Crippen molar-refractivity contribution in [2.24, 2.45) is 11.7 Å².